The number of hydrogen-bond donors (Lipinski definition) is 1. The molecule has 2 rings (SSSR count). The predicted octanol–water partition coefficient (Wildman–Crippen LogP) is 2.08. The van der Waals surface area contributed by atoms with Crippen molar-refractivity contribution in [3.63, 3.8) is 0 Å². The minimum Gasteiger partial charge on any atom is -0.451 e. The van der Waals surface area contributed by atoms with Crippen LogP contribution in [0, 0.1) is 5.92 Å². The molecule has 0 aromatic heterocycles. The van der Waals surface area contributed by atoms with E-state index in [1.54, 1.807) is 0 Å². The zero-order chi connectivity index (χ0) is 12.4. The van der Waals surface area contributed by atoms with Gasteiger partial charge in [-0.15, -0.1) is 0 Å². The summed E-state index contributed by atoms with van der Waals surface area (Å²) >= 11 is 0. The molecule has 92 valence electrons. The van der Waals surface area contributed by atoms with Gasteiger partial charge in [0.25, 0.3) is 0 Å². The van der Waals surface area contributed by atoms with E-state index < -0.39 is 0 Å². The Kier molecular flexibility index (Phi) is 3.22. The molecule has 1 aromatic carbocycles. The molecule has 1 aliphatic heterocycles. The second-order valence-corrected chi connectivity index (χ2v) is 4.46. The minimum absolute atomic E-state index is 0.00373. The van der Waals surface area contributed by atoms with E-state index in [0.717, 1.165) is 17.1 Å². The number of hydrogen-bond acceptors (Lipinski definition) is 3. The number of nitrogens with one attached hydrogen (secondary N) is 1. The van der Waals surface area contributed by atoms with E-state index in [2.05, 4.69) is 5.32 Å². The molecule has 1 aliphatic rings. The third kappa shape index (κ3) is 2.70. The second-order valence-electron chi connectivity index (χ2n) is 4.46. The first-order valence-corrected chi connectivity index (χ1v) is 5.80. The third-order valence-corrected chi connectivity index (χ3v) is 2.59. The van der Waals surface area contributed by atoms with Gasteiger partial charge in [-0.2, -0.15) is 0 Å². The van der Waals surface area contributed by atoms with Gasteiger partial charge in [-0.05, 0) is 17.7 Å². The number of carbonyl (C=O) groups excluding carboxylic acids is 1. The maximum Gasteiger partial charge on any atom is 0.238 e. The van der Waals surface area contributed by atoms with Crippen LogP contribution < -0.4 is 14.8 Å². The maximum absolute atomic E-state index is 11.4. The van der Waals surface area contributed by atoms with Gasteiger partial charge >= 0.3 is 0 Å². The van der Waals surface area contributed by atoms with Crippen molar-refractivity contribution in [3.8, 4) is 11.5 Å². The van der Waals surface area contributed by atoms with Crippen molar-refractivity contribution >= 4 is 5.91 Å². The van der Waals surface area contributed by atoms with E-state index in [-0.39, 0.29) is 18.1 Å². The molecule has 0 spiro atoms. The largest absolute Gasteiger partial charge is 0.451 e. The summed E-state index contributed by atoms with van der Waals surface area (Å²) in [5.41, 5.74) is 1.01. The number of ether oxygens (including phenoxy) is 2. The van der Waals surface area contributed by atoms with E-state index in [0.29, 0.717) is 6.54 Å². The maximum atomic E-state index is 11.4. The Morgan fingerprint density at radius 3 is 2.76 bits per heavy atom. The minimum atomic E-state index is -0.231. The van der Waals surface area contributed by atoms with Gasteiger partial charge in [0, 0.05) is 19.4 Å². The summed E-state index contributed by atoms with van der Waals surface area (Å²) in [6.07, 6.45) is -0.231. The molecule has 1 amide bonds. The first-order valence-electron chi connectivity index (χ1n) is 5.80. The standard InChI is InChI=1S/C13H17NO3/c1-8(2)13(15)14-7-10-4-5-11-12(6-10)17-9(3)16-11/h4-6,8-9H,7H2,1-3H3,(H,14,15). The number of amides is 1. The smallest absolute Gasteiger partial charge is 0.238 e. The average molecular weight is 235 g/mol. The number of benzene rings is 1. The molecule has 1 heterocycles. The fourth-order valence-corrected chi connectivity index (χ4v) is 1.63. The van der Waals surface area contributed by atoms with Crippen molar-refractivity contribution in [2.45, 2.75) is 33.6 Å². The van der Waals surface area contributed by atoms with E-state index in [1.165, 1.54) is 0 Å². The highest BCUT2D eigenvalue weighted by Gasteiger charge is 2.20. The third-order valence-electron chi connectivity index (χ3n) is 2.59. The SMILES string of the molecule is CC1Oc2ccc(CNC(=O)C(C)C)cc2O1. The summed E-state index contributed by atoms with van der Waals surface area (Å²) in [5.74, 6) is 1.56. The van der Waals surface area contributed by atoms with Gasteiger partial charge in [0.05, 0.1) is 0 Å². The first kappa shape index (κ1) is 11.8. The molecule has 0 saturated carbocycles. The van der Waals surface area contributed by atoms with Crippen molar-refractivity contribution in [3.05, 3.63) is 23.8 Å². The van der Waals surface area contributed by atoms with Crippen LogP contribution >= 0.6 is 0 Å². The Bertz CT molecular complexity index is 429. The van der Waals surface area contributed by atoms with Crippen LogP contribution in [-0.4, -0.2) is 12.2 Å². The molecule has 4 heteroatoms. The lowest BCUT2D eigenvalue weighted by atomic mass is 10.1. The Hall–Kier alpha value is -1.71. The van der Waals surface area contributed by atoms with Crippen LogP contribution in [-0.2, 0) is 11.3 Å². The van der Waals surface area contributed by atoms with Gasteiger partial charge in [-0.1, -0.05) is 19.9 Å². The Morgan fingerprint density at radius 2 is 2.06 bits per heavy atom. The Labute approximate surface area is 101 Å². The van der Waals surface area contributed by atoms with Gasteiger partial charge in [-0.25, -0.2) is 0 Å². The van der Waals surface area contributed by atoms with Gasteiger partial charge < -0.3 is 14.8 Å². The topological polar surface area (TPSA) is 47.6 Å². The molecule has 1 aromatic rings. The molecule has 1 atom stereocenters. The molecule has 0 saturated heterocycles. The van der Waals surface area contributed by atoms with E-state index in [4.69, 9.17) is 9.47 Å². The van der Waals surface area contributed by atoms with Gasteiger partial charge in [-0.3, -0.25) is 4.79 Å². The van der Waals surface area contributed by atoms with Crippen LogP contribution in [0.15, 0.2) is 18.2 Å². The number of carbonyl (C=O) groups is 1. The van der Waals surface area contributed by atoms with Crippen LogP contribution in [0.3, 0.4) is 0 Å². The van der Waals surface area contributed by atoms with Crippen molar-refractivity contribution in [1.82, 2.24) is 5.32 Å². The normalized spacial score (nSPS) is 17.3. The highest BCUT2D eigenvalue weighted by molar-refractivity contribution is 5.77. The Morgan fingerprint density at radius 1 is 1.35 bits per heavy atom. The molecule has 0 bridgehead atoms. The van der Waals surface area contributed by atoms with Crippen molar-refractivity contribution in [2.24, 2.45) is 5.92 Å². The molecule has 4 nitrogen and oxygen atoms in total. The van der Waals surface area contributed by atoms with Crippen LogP contribution in [0.25, 0.3) is 0 Å². The molecular formula is C13H17NO3. The van der Waals surface area contributed by atoms with Crippen LogP contribution in [0.4, 0.5) is 0 Å². The van der Waals surface area contributed by atoms with E-state index >= 15 is 0 Å². The van der Waals surface area contributed by atoms with Gasteiger partial charge in [0.15, 0.2) is 11.5 Å². The quantitative estimate of drug-likeness (QED) is 0.872. The fraction of sp³-hybridized carbons (Fsp3) is 0.462. The first-order chi connectivity index (χ1) is 8.06. The molecule has 0 fully saturated rings. The second kappa shape index (κ2) is 4.65. The number of rotatable bonds is 3. The van der Waals surface area contributed by atoms with Crippen molar-refractivity contribution < 1.29 is 14.3 Å². The van der Waals surface area contributed by atoms with Crippen LogP contribution in [0.2, 0.25) is 0 Å². The predicted molar refractivity (Wildman–Crippen MR) is 63.8 cm³/mol. The summed E-state index contributed by atoms with van der Waals surface area (Å²) in [7, 11) is 0. The summed E-state index contributed by atoms with van der Waals surface area (Å²) < 4.78 is 10.9. The summed E-state index contributed by atoms with van der Waals surface area (Å²) in [5, 5.41) is 2.87. The molecule has 1 N–H and O–H groups in total. The molecule has 0 aliphatic carbocycles. The highest BCUT2D eigenvalue weighted by Crippen LogP contribution is 2.35. The summed E-state index contributed by atoms with van der Waals surface area (Å²) in [6, 6.07) is 5.70. The fourth-order valence-electron chi connectivity index (χ4n) is 1.63. The van der Waals surface area contributed by atoms with Gasteiger partial charge in [0.1, 0.15) is 0 Å². The highest BCUT2D eigenvalue weighted by atomic mass is 16.7. The zero-order valence-corrected chi connectivity index (χ0v) is 10.3. The van der Waals surface area contributed by atoms with Gasteiger partial charge in [0.2, 0.25) is 12.2 Å². The zero-order valence-electron chi connectivity index (χ0n) is 10.3. The monoisotopic (exact) mass is 235 g/mol. The van der Waals surface area contributed by atoms with E-state index in [1.807, 2.05) is 39.0 Å². The average Bonchev–Trinajstić information content (AvgIpc) is 2.64. The molecule has 17 heavy (non-hydrogen) atoms. The van der Waals surface area contributed by atoms with E-state index in [9.17, 15) is 4.79 Å². The summed E-state index contributed by atoms with van der Waals surface area (Å²) in [6.45, 7) is 6.11. The Balaban J connectivity index is 1.99. The molecule has 1 unspecified atom stereocenters. The lowest BCUT2D eigenvalue weighted by Gasteiger charge is -2.08. The van der Waals surface area contributed by atoms with Crippen LogP contribution in [0.1, 0.15) is 26.3 Å². The van der Waals surface area contributed by atoms with Crippen LogP contribution in [0.5, 0.6) is 11.5 Å². The number of fused-ring (bicyclic) bond motifs is 1. The molecular weight excluding hydrogens is 218 g/mol. The summed E-state index contributed by atoms with van der Waals surface area (Å²) in [4.78, 5) is 11.4. The molecule has 0 radical (unpaired) electrons. The lowest BCUT2D eigenvalue weighted by molar-refractivity contribution is -0.124. The van der Waals surface area contributed by atoms with Crippen molar-refractivity contribution in [2.75, 3.05) is 0 Å². The van der Waals surface area contributed by atoms with Crippen molar-refractivity contribution in [1.29, 1.82) is 0 Å². The lowest BCUT2D eigenvalue weighted by Crippen LogP contribution is -2.27.